The summed E-state index contributed by atoms with van der Waals surface area (Å²) in [4.78, 5) is 12.1. The van der Waals surface area contributed by atoms with Crippen molar-refractivity contribution in [2.24, 2.45) is 0 Å². The van der Waals surface area contributed by atoms with Gasteiger partial charge in [0.25, 0.3) is 0 Å². The van der Waals surface area contributed by atoms with Crippen LogP contribution >= 0.6 is 0 Å². The van der Waals surface area contributed by atoms with Gasteiger partial charge in [0.1, 0.15) is 5.57 Å². The molecule has 0 atom stereocenters. The van der Waals surface area contributed by atoms with Crippen LogP contribution in [0.5, 0.6) is 0 Å². The molecule has 0 spiro atoms. The predicted octanol–water partition coefficient (Wildman–Crippen LogP) is 4.98. The second-order valence-electron chi connectivity index (χ2n) is 5.43. The zero-order chi connectivity index (χ0) is 17.2. The van der Waals surface area contributed by atoms with E-state index in [0.29, 0.717) is 5.57 Å². The van der Waals surface area contributed by atoms with Crippen molar-refractivity contribution < 1.29 is 9.53 Å². The van der Waals surface area contributed by atoms with Crippen molar-refractivity contribution in [3.63, 3.8) is 0 Å². The maximum absolute atomic E-state index is 12.1. The number of carbonyl (C=O) groups excluding carboxylic acids is 1. The van der Waals surface area contributed by atoms with Gasteiger partial charge in [0, 0.05) is 0 Å². The highest BCUT2D eigenvalue weighted by Crippen LogP contribution is 2.17. The Kier molecular flexibility index (Phi) is 6.82. The Balaban J connectivity index is 2.21. The minimum Gasteiger partial charge on any atom is -0.465 e. The molecule has 0 aliphatic heterocycles. The lowest BCUT2D eigenvalue weighted by Gasteiger charge is -2.05. The van der Waals surface area contributed by atoms with Crippen LogP contribution in [0.3, 0.4) is 0 Å². The molecule has 0 saturated carbocycles. The fraction of sp³-hybridized carbons (Fsp3) is 0.182. The molecule has 0 radical (unpaired) electrons. The highest BCUT2D eigenvalue weighted by molar-refractivity contribution is 6.16. The van der Waals surface area contributed by atoms with Gasteiger partial charge in [-0.25, -0.2) is 4.79 Å². The smallest absolute Gasteiger partial charge is 0.346 e. The van der Waals surface area contributed by atoms with Gasteiger partial charge in [-0.15, -0.1) is 5.73 Å². The van der Waals surface area contributed by atoms with Gasteiger partial charge in [0.05, 0.1) is 7.11 Å². The molecule has 2 nitrogen and oxygen atoms in total. The van der Waals surface area contributed by atoms with Crippen LogP contribution in [0, 0.1) is 0 Å². The molecule has 0 heterocycles. The van der Waals surface area contributed by atoms with Crippen molar-refractivity contribution in [3.05, 3.63) is 95.7 Å². The standard InChI is InChI=1S/C22H22O2/c1-3-18(13-10-14-19-11-6-4-7-12-19)17-21(22(23)24-2)20-15-8-5-9-16-20/h3-9,11-12,15-16H,1,10,13-14H2,2H3. The van der Waals surface area contributed by atoms with Crippen molar-refractivity contribution in [2.45, 2.75) is 19.3 Å². The summed E-state index contributed by atoms with van der Waals surface area (Å²) in [6, 6.07) is 19.8. The van der Waals surface area contributed by atoms with Crippen LogP contribution in [0.15, 0.2) is 84.6 Å². The number of carbonyl (C=O) groups is 1. The molecular formula is C22H22O2. The van der Waals surface area contributed by atoms with Crippen molar-refractivity contribution in [1.82, 2.24) is 0 Å². The molecule has 0 aliphatic carbocycles. The largest absolute Gasteiger partial charge is 0.465 e. The third-order valence-electron chi connectivity index (χ3n) is 3.74. The lowest BCUT2D eigenvalue weighted by atomic mass is 10.0. The second kappa shape index (κ2) is 9.34. The molecule has 2 aromatic rings. The third kappa shape index (κ3) is 5.12. The van der Waals surface area contributed by atoms with Crippen LogP contribution in [-0.4, -0.2) is 13.1 Å². The van der Waals surface area contributed by atoms with Crippen molar-refractivity contribution in [1.29, 1.82) is 0 Å². The SMILES string of the molecule is C=CC(=C=C(C(=O)OC)c1ccccc1)CCCc1ccccc1. The topological polar surface area (TPSA) is 26.3 Å². The summed E-state index contributed by atoms with van der Waals surface area (Å²) in [6.07, 6.45) is 4.53. The summed E-state index contributed by atoms with van der Waals surface area (Å²) in [6.45, 7) is 3.85. The first-order valence-electron chi connectivity index (χ1n) is 8.04. The van der Waals surface area contributed by atoms with E-state index in [1.165, 1.54) is 12.7 Å². The zero-order valence-corrected chi connectivity index (χ0v) is 14.0. The molecule has 0 amide bonds. The molecule has 0 aromatic heterocycles. The first-order chi connectivity index (χ1) is 11.7. The van der Waals surface area contributed by atoms with E-state index in [0.717, 1.165) is 30.4 Å². The van der Waals surface area contributed by atoms with E-state index < -0.39 is 0 Å². The number of methoxy groups -OCH3 is 1. The molecule has 2 heteroatoms. The molecule has 2 rings (SSSR count). The van der Waals surface area contributed by atoms with Gasteiger partial charge >= 0.3 is 5.97 Å². The Bertz CT molecular complexity index is 736. The quantitative estimate of drug-likeness (QED) is 0.311. The molecule has 0 bridgehead atoms. The molecular weight excluding hydrogens is 296 g/mol. The fourth-order valence-corrected chi connectivity index (χ4v) is 2.45. The van der Waals surface area contributed by atoms with Gasteiger partial charge in [-0.05, 0) is 36.0 Å². The number of benzene rings is 2. The van der Waals surface area contributed by atoms with Crippen LogP contribution in [0.2, 0.25) is 0 Å². The van der Waals surface area contributed by atoms with Crippen LogP contribution in [0.4, 0.5) is 0 Å². The lowest BCUT2D eigenvalue weighted by Crippen LogP contribution is -2.03. The molecule has 0 aliphatic rings. The number of hydrogen-bond donors (Lipinski definition) is 0. The number of esters is 1. The molecule has 0 N–H and O–H groups in total. The Morgan fingerprint density at radius 1 is 1.08 bits per heavy atom. The van der Waals surface area contributed by atoms with Gasteiger partial charge in [0.15, 0.2) is 0 Å². The monoisotopic (exact) mass is 318 g/mol. The normalized spacial score (nSPS) is 9.71. The van der Waals surface area contributed by atoms with E-state index >= 15 is 0 Å². The van der Waals surface area contributed by atoms with E-state index in [-0.39, 0.29) is 5.97 Å². The van der Waals surface area contributed by atoms with Crippen LogP contribution in [-0.2, 0) is 16.0 Å². The third-order valence-corrected chi connectivity index (χ3v) is 3.74. The van der Waals surface area contributed by atoms with Gasteiger partial charge < -0.3 is 4.74 Å². The van der Waals surface area contributed by atoms with Crippen molar-refractivity contribution in [2.75, 3.05) is 7.11 Å². The Labute approximate surface area is 143 Å². The summed E-state index contributed by atoms with van der Waals surface area (Å²) in [5.41, 5.74) is 6.65. The van der Waals surface area contributed by atoms with Crippen molar-refractivity contribution in [3.8, 4) is 0 Å². The number of aryl methyl sites for hydroxylation is 1. The second-order valence-corrected chi connectivity index (χ2v) is 5.43. The van der Waals surface area contributed by atoms with Crippen LogP contribution in [0.1, 0.15) is 24.0 Å². The van der Waals surface area contributed by atoms with Gasteiger partial charge in [-0.1, -0.05) is 73.3 Å². The molecule has 122 valence electrons. The minimum atomic E-state index is -0.386. The molecule has 0 unspecified atom stereocenters. The van der Waals surface area contributed by atoms with Crippen molar-refractivity contribution >= 4 is 11.5 Å². The number of rotatable bonds is 7. The fourth-order valence-electron chi connectivity index (χ4n) is 2.45. The molecule has 24 heavy (non-hydrogen) atoms. The van der Waals surface area contributed by atoms with E-state index in [4.69, 9.17) is 4.74 Å². The predicted molar refractivity (Wildman–Crippen MR) is 98.5 cm³/mol. The summed E-state index contributed by atoms with van der Waals surface area (Å²) in [5, 5.41) is 0. The molecule has 2 aromatic carbocycles. The van der Waals surface area contributed by atoms with E-state index in [1.54, 1.807) is 6.08 Å². The van der Waals surface area contributed by atoms with Gasteiger partial charge in [-0.3, -0.25) is 0 Å². The number of hydrogen-bond acceptors (Lipinski definition) is 2. The Hall–Kier alpha value is -2.83. The summed E-state index contributed by atoms with van der Waals surface area (Å²) in [5.74, 6) is -0.386. The molecule has 0 fully saturated rings. The zero-order valence-electron chi connectivity index (χ0n) is 14.0. The first-order valence-corrected chi connectivity index (χ1v) is 8.04. The minimum absolute atomic E-state index is 0.386. The Morgan fingerprint density at radius 2 is 1.71 bits per heavy atom. The van der Waals surface area contributed by atoms with E-state index in [2.05, 4.69) is 24.4 Å². The number of ether oxygens (including phenoxy) is 1. The first kappa shape index (κ1) is 17.5. The average Bonchev–Trinajstić information content (AvgIpc) is 2.65. The maximum Gasteiger partial charge on any atom is 0.346 e. The maximum atomic E-state index is 12.1. The summed E-state index contributed by atoms with van der Waals surface area (Å²) < 4.78 is 4.90. The summed E-state index contributed by atoms with van der Waals surface area (Å²) >= 11 is 0. The lowest BCUT2D eigenvalue weighted by molar-refractivity contribution is -0.133. The van der Waals surface area contributed by atoms with E-state index in [9.17, 15) is 4.79 Å². The van der Waals surface area contributed by atoms with Gasteiger partial charge in [-0.2, -0.15) is 0 Å². The highest BCUT2D eigenvalue weighted by Gasteiger charge is 2.11. The summed E-state index contributed by atoms with van der Waals surface area (Å²) in [7, 11) is 1.38. The van der Waals surface area contributed by atoms with Gasteiger partial charge in [0.2, 0.25) is 0 Å². The highest BCUT2D eigenvalue weighted by atomic mass is 16.5. The average molecular weight is 318 g/mol. The number of allylic oxidation sites excluding steroid dienone is 1. The van der Waals surface area contributed by atoms with Crippen LogP contribution in [0.25, 0.3) is 5.57 Å². The van der Waals surface area contributed by atoms with E-state index in [1.807, 2.05) is 48.5 Å². The molecule has 0 saturated heterocycles. The Morgan fingerprint density at radius 3 is 2.29 bits per heavy atom. The van der Waals surface area contributed by atoms with Crippen LogP contribution < -0.4 is 0 Å².